The monoisotopic (exact) mass is 287 g/mol. The highest BCUT2D eigenvalue weighted by Crippen LogP contribution is 2.15. The number of nitrogens with zero attached hydrogens (tertiary/aromatic N) is 1. The first-order valence-electron chi connectivity index (χ1n) is 6.74. The van der Waals surface area contributed by atoms with Crippen molar-refractivity contribution >= 4 is 5.97 Å². The van der Waals surface area contributed by atoms with Crippen LogP contribution < -0.4 is 9.47 Å². The molecule has 0 bridgehead atoms. The highest BCUT2D eigenvalue weighted by Gasteiger charge is 2.14. The summed E-state index contributed by atoms with van der Waals surface area (Å²) < 4.78 is 15.9. The number of pyridine rings is 1. The summed E-state index contributed by atoms with van der Waals surface area (Å²) in [7, 11) is 0. The molecule has 1 heterocycles. The van der Waals surface area contributed by atoms with Crippen LogP contribution in [0.2, 0.25) is 0 Å². The lowest BCUT2D eigenvalue weighted by atomic mass is 10.3. The summed E-state index contributed by atoms with van der Waals surface area (Å²) in [6.45, 7) is 2.72. The molecule has 0 unspecified atom stereocenters. The molecule has 2 rings (SSSR count). The van der Waals surface area contributed by atoms with Crippen molar-refractivity contribution in [3.8, 4) is 11.6 Å². The van der Waals surface area contributed by atoms with E-state index in [1.165, 1.54) is 0 Å². The van der Waals surface area contributed by atoms with Gasteiger partial charge in [0.15, 0.2) is 0 Å². The zero-order chi connectivity index (χ0) is 14.9. The average molecular weight is 287 g/mol. The minimum Gasteiger partial charge on any atom is -0.490 e. The molecule has 5 nitrogen and oxygen atoms in total. The fourth-order valence-electron chi connectivity index (χ4n) is 1.69. The van der Waals surface area contributed by atoms with Gasteiger partial charge in [-0.3, -0.25) is 0 Å². The van der Waals surface area contributed by atoms with Gasteiger partial charge in [0.05, 0.1) is 6.61 Å². The predicted molar refractivity (Wildman–Crippen MR) is 77.6 cm³/mol. The zero-order valence-electron chi connectivity index (χ0n) is 11.8. The molecule has 0 aliphatic carbocycles. The fraction of sp³-hybridized carbons (Fsp3) is 0.250. The molecular formula is C16H17NO4. The highest BCUT2D eigenvalue weighted by molar-refractivity contribution is 5.91. The summed E-state index contributed by atoms with van der Waals surface area (Å²) in [4.78, 5) is 16.0. The van der Waals surface area contributed by atoms with E-state index in [0.717, 1.165) is 5.75 Å². The van der Waals surface area contributed by atoms with Gasteiger partial charge in [-0.05, 0) is 31.2 Å². The zero-order valence-corrected chi connectivity index (χ0v) is 11.8. The van der Waals surface area contributed by atoms with Crippen LogP contribution in [0.1, 0.15) is 17.3 Å². The number of hydrogen-bond donors (Lipinski definition) is 0. The van der Waals surface area contributed by atoms with Gasteiger partial charge in [0.1, 0.15) is 24.5 Å². The SMILES string of the molecule is CCOc1ncccc1C(=O)OCCOc1ccccc1. The van der Waals surface area contributed by atoms with Crippen LogP contribution in [-0.4, -0.2) is 30.8 Å². The number of rotatable bonds is 7. The van der Waals surface area contributed by atoms with Crippen molar-refractivity contribution in [3.05, 3.63) is 54.2 Å². The topological polar surface area (TPSA) is 57.7 Å². The Morgan fingerprint density at radius 1 is 1.05 bits per heavy atom. The number of para-hydroxylation sites is 1. The first kappa shape index (κ1) is 14.8. The third-order valence-corrected chi connectivity index (χ3v) is 2.60. The van der Waals surface area contributed by atoms with Gasteiger partial charge in [-0.1, -0.05) is 18.2 Å². The molecular weight excluding hydrogens is 270 g/mol. The van der Waals surface area contributed by atoms with Gasteiger partial charge in [0, 0.05) is 6.20 Å². The van der Waals surface area contributed by atoms with E-state index in [9.17, 15) is 4.79 Å². The standard InChI is InChI=1S/C16H17NO4/c1-2-19-15-14(9-6-10-17-15)16(18)21-12-11-20-13-7-4-3-5-8-13/h3-10H,2,11-12H2,1H3. The normalized spacial score (nSPS) is 9.95. The fourth-order valence-corrected chi connectivity index (χ4v) is 1.69. The number of esters is 1. The molecule has 2 aromatic rings. The van der Waals surface area contributed by atoms with Crippen molar-refractivity contribution in [1.82, 2.24) is 4.98 Å². The molecule has 1 aromatic heterocycles. The number of carbonyl (C=O) groups excluding carboxylic acids is 1. The molecule has 0 radical (unpaired) electrons. The molecule has 21 heavy (non-hydrogen) atoms. The molecule has 0 spiro atoms. The highest BCUT2D eigenvalue weighted by atomic mass is 16.6. The number of ether oxygens (including phenoxy) is 3. The van der Waals surface area contributed by atoms with Crippen LogP contribution in [0.25, 0.3) is 0 Å². The molecule has 0 saturated heterocycles. The number of carbonyl (C=O) groups is 1. The van der Waals surface area contributed by atoms with Gasteiger partial charge in [-0.15, -0.1) is 0 Å². The van der Waals surface area contributed by atoms with Crippen molar-refractivity contribution in [2.24, 2.45) is 0 Å². The summed E-state index contributed by atoms with van der Waals surface area (Å²) in [5.74, 6) is 0.558. The maximum atomic E-state index is 12.0. The van der Waals surface area contributed by atoms with Crippen LogP contribution in [0, 0.1) is 0 Å². The van der Waals surface area contributed by atoms with Crippen LogP contribution in [0.4, 0.5) is 0 Å². The Morgan fingerprint density at radius 3 is 2.62 bits per heavy atom. The van der Waals surface area contributed by atoms with Gasteiger partial charge in [0.2, 0.25) is 5.88 Å². The van der Waals surface area contributed by atoms with Crippen molar-refractivity contribution in [1.29, 1.82) is 0 Å². The minimum atomic E-state index is -0.469. The number of aromatic nitrogens is 1. The van der Waals surface area contributed by atoms with Gasteiger partial charge in [-0.25, -0.2) is 9.78 Å². The van der Waals surface area contributed by atoms with E-state index in [1.807, 2.05) is 37.3 Å². The Bertz CT molecular complexity index is 571. The average Bonchev–Trinajstić information content (AvgIpc) is 2.53. The second-order valence-corrected chi connectivity index (χ2v) is 4.09. The third kappa shape index (κ3) is 4.49. The Balaban J connectivity index is 1.82. The molecule has 0 aliphatic rings. The molecule has 0 fully saturated rings. The Kier molecular flexibility index (Phi) is 5.58. The van der Waals surface area contributed by atoms with Crippen LogP contribution in [0.5, 0.6) is 11.6 Å². The van der Waals surface area contributed by atoms with Crippen molar-refractivity contribution in [2.75, 3.05) is 19.8 Å². The lowest BCUT2D eigenvalue weighted by Gasteiger charge is -2.09. The Labute approximate surface area is 123 Å². The molecule has 0 N–H and O–H groups in total. The molecule has 0 atom stereocenters. The minimum absolute atomic E-state index is 0.161. The summed E-state index contributed by atoms with van der Waals surface area (Å²) in [6.07, 6.45) is 1.57. The van der Waals surface area contributed by atoms with E-state index in [1.54, 1.807) is 18.3 Å². The van der Waals surface area contributed by atoms with E-state index in [-0.39, 0.29) is 12.5 Å². The lowest BCUT2D eigenvalue weighted by Crippen LogP contribution is -2.14. The van der Waals surface area contributed by atoms with Crippen LogP contribution in [0.3, 0.4) is 0 Å². The van der Waals surface area contributed by atoms with Gasteiger partial charge < -0.3 is 14.2 Å². The largest absolute Gasteiger partial charge is 0.490 e. The smallest absolute Gasteiger partial charge is 0.343 e. The molecule has 5 heteroatoms. The van der Waals surface area contributed by atoms with E-state index < -0.39 is 5.97 Å². The molecule has 0 saturated carbocycles. The quantitative estimate of drug-likeness (QED) is 0.579. The second-order valence-electron chi connectivity index (χ2n) is 4.09. The maximum Gasteiger partial charge on any atom is 0.343 e. The van der Waals surface area contributed by atoms with E-state index in [4.69, 9.17) is 14.2 Å². The maximum absolute atomic E-state index is 12.0. The third-order valence-electron chi connectivity index (χ3n) is 2.60. The van der Waals surface area contributed by atoms with Crippen molar-refractivity contribution in [3.63, 3.8) is 0 Å². The predicted octanol–water partition coefficient (Wildman–Crippen LogP) is 2.72. The molecule has 0 aliphatic heterocycles. The summed E-state index contributed by atoms with van der Waals surface area (Å²) >= 11 is 0. The van der Waals surface area contributed by atoms with Crippen LogP contribution in [0.15, 0.2) is 48.7 Å². The number of hydrogen-bond acceptors (Lipinski definition) is 5. The van der Waals surface area contributed by atoms with E-state index >= 15 is 0 Å². The second kappa shape index (κ2) is 7.89. The summed E-state index contributed by atoms with van der Waals surface area (Å²) in [6, 6.07) is 12.6. The summed E-state index contributed by atoms with van der Waals surface area (Å²) in [5.41, 5.74) is 0.319. The van der Waals surface area contributed by atoms with Crippen molar-refractivity contribution in [2.45, 2.75) is 6.92 Å². The molecule has 1 aromatic carbocycles. The summed E-state index contributed by atoms with van der Waals surface area (Å²) in [5, 5.41) is 0. The Morgan fingerprint density at radius 2 is 1.86 bits per heavy atom. The first-order valence-corrected chi connectivity index (χ1v) is 6.74. The van der Waals surface area contributed by atoms with E-state index in [0.29, 0.717) is 18.8 Å². The molecule has 0 amide bonds. The molecule has 110 valence electrons. The first-order chi connectivity index (χ1) is 10.3. The van der Waals surface area contributed by atoms with Crippen molar-refractivity contribution < 1.29 is 19.0 Å². The van der Waals surface area contributed by atoms with E-state index in [2.05, 4.69) is 4.98 Å². The van der Waals surface area contributed by atoms with Crippen LogP contribution in [-0.2, 0) is 4.74 Å². The van der Waals surface area contributed by atoms with Gasteiger partial charge >= 0.3 is 5.97 Å². The van der Waals surface area contributed by atoms with Gasteiger partial charge in [-0.2, -0.15) is 0 Å². The Hall–Kier alpha value is -2.56. The van der Waals surface area contributed by atoms with Crippen LogP contribution >= 0.6 is 0 Å². The van der Waals surface area contributed by atoms with Gasteiger partial charge in [0.25, 0.3) is 0 Å². The lowest BCUT2D eigenvalue weighted by molar-refractivity contribution is 0.0445. The number of benzene rings is 1.